The molecule has 0 atom stereocenters. The number of rotatable bonds is 5. The van der Waals surface area contributed by atoms with Crippen molar-refractivity contribution in [2.45, 2.75) is 13.3 Å². The highest BCUT2D eigenvalue weighted by molar-refractivity contribution is 7.09. The Morgan fingerprint density at radius 3 is 3.05 bits per heavy atom. The molecule has 7 heteroatoms. The minimum absolute atomic E-state index is 0.218. The monoisotopic (exact) mass is 277 g/mol. The highest BCUT2D eigenvalue weighted by Gasteiger charge is 2.07. The van der Waals surface area contributed by atoms with Crippen molar-refractivity contribution in [3.63, 3.8) is 0 Å². The van der Waals surface area contributed by atoms with Crippen molar-refractivity contribution in [3.05, 3.63) is 40.1 Å². The quantitative estimate of drug-likeness (QED) is 0.562. The minimum Gasteiger partial charge on any atom is -0.350 e. The third-order valence-electron chi connectivity index (χ3n) is 2.49. The molecular weight excluding hydrogens is 262 g/mol. The molecule has 2 heterocycles. The number of hydrazine groups is 1. The average Bonchev–Trinajstić information content (AvgIpc) is 2.84. The van der Waals surface area contributed by atoms with E-state index in [0.29, 0.717) is 24.3 Å². The molecule has 6 nitrogen and oxygen atoms in total. The Morgan fingerprint density at radius 1 is 1.53 bits per heavy atom. The summed E-state index contributed by atoms with van der Waals surface area (Å²) >= 11 is 1.61. The van der Waals surface area contributed by atoms with Crippen molar-refractivity contribution >= 4 is 22.9 Å². The summed E-state index contributed by atoms with van der Waals surface area (Å²) in [7, 11) is 0. The van der Waals surface area contributed by atoms with Crippen LogP contribution in [0.5, 0.6) is 0 Å². The van der Waals surface area contributed by atoms with Gasteiger partial charge in [0.25, 0.3) is 5.91 Å². The lowest BCUT2D eigenvalue weighted by atomic mass is 10.3. The van der Waals surface area contributed by atoms with Gasteiger partial charge in [-0.1, -0.05) is 0 Å². The van der Waals surface area contributed by atoms with Gasteiger partial charge in [0, 0.05) is 24.5 Å². The third kappa shape index (κ3) is 3.73. The van der Waals surface area contributed by atoms with E-state index in [9.17, 15) is 4.79 Å². The van der Waals surface area contributed by atoms with Gasteiger partial charge in [0.05, 0.1) is 16.4 Å². The number of nitrogen functional groups attached to an aromatic ring is 1. The first kappa shape index (κ1) is 13.4. The van der Waals surface area contributed by atoms with E-state index in [1.807, 2.05) is 12.3 Å². The van der Waals surface area contributed by atoms with E-state index >= 15 is 0 Å². The SMILES string of the molecule is Cc1nc(CCNC(=O)c2cc(NN)ccn2)cs1. The van der Waals surface area contributed by atoms with Crippen molar-refractivity contribution in [2.75, 3.05) is 12.0 Å². The van der Waals surface area contributed by atoms with Crippen LogP contribution in [0.3, 0.4) is 0 Å². The molecule has 1 amide bonds. The maximum Gasteiger partial charge on any atom is 0.269 e. The zero-order chi connectivity index (χ0) is 13.7. The van der Waals surface area contributed by atoms with Crippen molar-refractivity contribution in [1.82, 2.24) is 15.3 Å². The van der Waals surface area contributed by atoms with Gasteiger partial charge in [0.15, 0.2) is 0 Å². The Balaban J connectivity index is 1.87. The van der Waals surface area contributed by atoms with Crippen molar-refractivity contribution < 1.29 is 4.79 Å². The number of amides is 1. The number of aryl methyl sites for hydroxylation is 1. The summed E-state index contributed by atoms with van der Waals surface area (Å²) < 4.78 is 0. The van der Waals surface area contributed by atoms with Gasteiger partial charge in [-0.2, -0.15) is 0 Å². The Morgan fingerprint density at radius 2 is 2.37 bits per heavy atom. The fourth-order valence-electron chi connectivity index (χ4n) is 1.56. The van der Waals surface area contributed by atoms with Gasteiger partial charge < -0.3 is 10.7 Å². The van der Waals surface area contributed by atoms with E-state index in [1.165, 1.54) is 6.20 Å². The van der Waals surface area contributed by atoms with Gasteiger partial charge in [0.2, 0.25) is 0 Å². The van der Waals surface area contributed by atoms with E-state index in [2.05, 4.69) is 20.7 Å². The van der Waals surface area contributed by atoms with E-state index in [1.54, 1.807) is 23.5 Å². The zero-order valence-corrected chi connectivity index (χ0v) is 11.3. The average molecular weight is 277 g/mol. The van der Waals surface area contributed by atoms with Crippen LogP contribution in [0.15, 0.2) is 23.7 Å². The summed E-state index contributed by atoms with van der Waals surface area (Å²) in [6.07, 6.45) is 2.25. The first-order valence-corrected chi connectivity index (χ1v) is 6.69. The van der Waals surface area contributed by atoms with Gasteiger partial charge in [-0.25, -0.2) is 4.98 Å². The number of hydrogen-bond acceptors (Lipinski definition) is 6. The largest absolute Gasteiger partial charge is 0.350 e. The highest BCUT2D eigenvalue weighted by Crippen LogP contribution is 2.08. The number of carbonyl (C=O) groups excluding carboxylic acids is 1. The number of nitrogens with two attached hydrogens (primary N) is 1. The van der Waals surface area contributed by atoms with Crippen LogP contribution in [0.2, 0.25) is 0 Å². The van der Waals surface area contributed by atoms with Crippen LogP contribution >= 0.6 is 11.3 Å². The van der Waals surface area contributed by atoms with Crippen LogP contribution in [-0.4, -0.2) is 22.4 Å². The fraction of sp³-hybridized carbons (Fsp3) is 0.250. The molecule has 0 saturated carbocycles. The second kappa shape index (κ2) is 6.26. The highest BCUT2D eigenvalue weighted by atomic mass is 32.1. The first-order valence-electron chi connectivity index (χ1n) is 5.81. The number of hydrogen-bond donors (Lipinski definition) is 3. The number of nitrogens with zero attached hydrogens (tertiary/aromatic N) is 2. The molecule has 2 aromatic heterocycles. The molecule has 0 unspecified atom stereocenters. The number of carbonyl (C=O) groups is 1. The molecule has 0 radical (unpaired) electrons. The lowest BCUT2D eigenvalue weighted by molar-refractivity contribution is 0.0949. The topological polar surface area (TPSA) is 92.9 Å². The van der Waals surface area contributed by atoms with Crippen LogP contribution in [-0.2, 0) is 6.42 Å². The Bertz CT molecular complexity index is 569. The van der Waals surface area contributed by atoms with Gasteiger partial charge in [0.1, 0.15) is 5.69 Å². The molecule has 0 spiro atoms. The summed E-state index contributed by atoms with van der Waals surface area (Å²) in [5, 5.41) is 5.83. The second-order valence-electron chi connectivity index (χ2n) is 3.94. The summed E-state index contributed by atoms with van der Waals surface area (Å²) in [5.41, 5.74) is 4.46. The fourth-order valence-corrected chi connectivity index (χ4v) is 2.21. The molecular formula is C12H15N5OS. The molecule has 0 aromatic carbocycles. The Hall–Kier alpha value is -1.99. The van der Waals surface area contributed by atoms with Gasteiger partial charge in [-0.15, -0.1) is 11.3 Å². The molecule has 0 fully saturated rings. The van der Waals surface area contributed by atoms with Crippen LogP contribution in [0.1, 0.15) is 21.2 Å². The molecule has 0 bridgehead atoms. The standard InChI is InChI=1S/C12H15N5OS/c1-8-16-10(7-19-8)3-5-15-12(18)11-6-9(17-13)2-4-14-11/h2,4,6-7H,3,5,13H2,1H3,(H,14,17)(H,15,18). The van der Waals surface area contributed by atoms with Crippen LogP contribution in [0.25, 0.3) is 0 Å². The normalized spacial score (nSPS) is 10.2. The van der Waals surface area contributed by atoms with Crippen molar-refractivity contribution in [3.8, 4) is 0 Å². The number of anilines is 1. The maximum absolute atomic E-state index is 11.8. The molecule has 2 rings (SSSR count). The van der Waals surface area contributed by atoms with Crippen LogP contribution in [0.4, 0.5) is 5.69 Å². The molecule has 100 valence electrons. The van der Waals surface area contributed by atoms with E-state index in [-0.39, 0.29) is 5.91 Å². The maximum atomic E-state index is 11.8. The second-order valence-corrected chi connectivity index (χ2v) is 5.00. The summed E-state index contributed by atoms with van der Waals surface area (Å²) in [6, 6.07) is 3.29. The number of pyridine rings is 1. The molecule has 4 N–H and O–H groups in total. The van der Waals surface area contributed by atoms with Gasteiger partial charge in [-0.05, 0) is 19.1 Å². The molecule has 0 saturated heterocycles. The summed E-state index contributed by atoms with van der Waals surface area (Å²) in [5.74, 6) is 5.06. The van der Waals surface area contributed by atoms with Crippen LogP contribution < -0.4 is 16.6 Å². The molecule has 0 aliphatic carbocycles. The van der Waals surface area contributed by atoms with E-state index in [4.69, 9.17) is 5.84 Å². The van der Waals surface area contributed by atoms with Gasteiger partial charge >= 0.3 is 0 Å². The lowest BCUT2D eigenvalue weighted by Gasteiger charge is -2.05. The molecule has 0 aliphatic heterocycles. The van der Waals surface area contributed by atoms with Gasteiger partial charge in [-0.3, -0.25) is 15.6 Å². The van der Waals surface area contributed by atoms with Crippen molar-refractivity contribution in [2.24, 2.45) is 5.84 Å². The molecule has 0 aliphatic rings. The predicted octanol–water partition coefficient (Wildman–Crippen LogP) is 1.10. The smallest absolute Gasteiger partial charge is 0.269 e. The van der Waals surface area contributed by atoms with E-state index < -0.39 is 0 Å². The molecule has 2 aromatic rings. The first-order chi connectivity index (χ1) is 9.19. The minimum atomic E-state index is -0.218. The van der Waals surface area contributed by atoms with Crippen LogP contribution in [0, 0.1) is 6.92 Å². The lowest BCUT2D eigenvalue weighted by Crippen LogP contribution is -2.26. The molecule has 19 heavy (non-hydrogen) atoms. The third-order valence-corrected chi connectivity index (χ3v) is 3.31. The predicted molar refractivity (Wildman–Crippen MR) is 74.9 cm³/mol. The Kier molecular flexibility index (Phi) is 4.43. The number of thiazole rings is 1. The summed E-state index contributed by atoms with van der Waals surface area (Å²) in [6.45, 7) is 2.49. The number of aromatic nitrogens is 2. The number of nitrogens with one attached hydrogen (secondary N) is 2. The van der Waals surface area contributed by atoms with Crippen molar-refractivity contribution in [1.29, 1.82) is 0 Å². The zero-order valence-electron chi connectivity index (χ0n) is 10.5. The van der Waals surface area contributed by atoms with E-state index in [0.717, 1.165) is 10.7 Å². The Labute approximate surface area is 115 Å². The summed E-state index contributed by atoms with van der Waals surface area (Å²) in [4.78, 5) is 20.2.